The molecule has 1 amide bonds. The third-order valence-electron chi connectivity index (χ3n) is 7.85. The lowest BCUT2D eigenvalue weighted by Crippen LogP contribution is -2.29. The first-order valence-electron chi connectivity index (χ1n) is 14.4. The third-order valence-corrected chi connectivity index (χ3v) is 9.96. The Bertz CT molecular complexity index is 1930. The zero-order valence-electron chi connectivity index (χ0n) is 25.2. The number of nitrogens with zero attached hydrogens (tertiary/aromatic N) is 3. The maximum absolute atomic E-state index is 13.7. The number of aromatic nitrogens is 2. The van der Waals surface area contributed by atoms with Gasteiger partial charge in [-0.3, -0.25) is 14.5 Å². The number of aliphatic hydroxyl groups is 1. The largest absolute Gasteiger partial charge is 0.507 e. The molecule has 10 heteroatoms. The van der Waals surface area contributed by atoms with Crippen molar-refractivity contribution >= 4 is 56.5 Å². The quantitative estimate of drug-likeness (QED) is 0.0576. The molecule has 5 aromatic rings. The van der Waals surface area contributed by atoms with Crippen LogP contribution in [0.2, 0.25) is 0 Å². The molecule has 1 aliphatic rings. The Morgan fingerprint density at radius 2 is 1.67 bits per heavy atom. The first kappa shape index (κ1) is 30.4. The molecular weight excluding hydrogens is 607 g/mol. The van der Waals surface area contributed by atoms with E-state index in [1.807, 2.05) is 42.5 Å². The lowest BCUT2D eigenvalue weighted by Gasteiger charge is -2.23. The number of methoxy groups -OCH3 is 2. The monoisotopic (exact) mass is 637 g/mol. The van der Waals surface area contributed by atoms with Crippen molar-refractivity contribution in [3.63, 3.8) is 0 Å². The molecule has 4 aromatic carbocycles. The second-order valence-corrected chi connectivity index (χ2v) is 13.0. The molecule has 0 aliphatic carbocycles. The molecule has 6 rings (SSSR count). The van der Waals surface area contributed by atoms with Gasteiger partial charge >= 0.3 is 5.91 Å². The highest BCUT2D eigenvalue weighted by Crippen LogP contribution is 2.45. The van der Waals surface area contributed by atoms with Crippen LogP contribution < -0.4 is 14.4 Å². The summed E-state index contributed by atoms with van der Waals surface area (Å²) in [7, 11) is 3.00. The number of hydrogen-bond donors (Lipinski definition) is 1. The van der Waals surface area contributed by atoms with Crippen molar-refractivity contribution in [1.29, 1.82) is 0 Å². The summed E-state index contributed by atoms with van der Waals surface area (Å²) in [6.45, 7) is 4.19. The van der Waals surface area contributed by atoms with E-state index in [-0.39, 0.29) is 16.5 Å². The van der Waals surface area contributed by atoms with Crippen LogP contribution in [0.25, 0.3) is 16.5 Å². The fourth-order valence-electron chi connectivity index (χ4n) is 5.46. The average Bonchev–Trinajstić information content (AvgIpc) is 3.64. The molecule has 8 nitrogen and oxygen atoms in total. The lowest BCUT2D eigenvalue weighted by molar-refractivity contribution is -0.132. The first-order valence-corrected chi connectivity index (χ1v) is 16.2. The average molecular weight is 638 g/mol. The number of ketones is 1. The molecule has 0 spiro atoms. The molecule has 228 valence electrons. The molecule has 1 unspecified atom stereocenters. The van der Waals surface area contributed by atoms with Crippen LogP contribution in [0.5, 0.6) is 11.5 Å². The molecule has 0 radical (unpaired) electrons. The van der Waals surface area contributed by atoms with Gasteiger partial charge in [-0.2, -0.15) is 0 Å². The van der Waals surface area contributed by atoms with Crippen LogP contribution in [0.15, 0.2) is 94.8 Å². The summed E-state index contributed by atoms with van der Waals surface area (Å²) in [6.07, 6.45) is 0. The number of fused-ring (bicyclic) bond motifs is 1. The molecule has 1 saturated heterocycles. The Hall–Kier alpha value is -4.67. The molecule has 1 aromatic heterocycles. The van der Waals surface area contributed by atoms with Crippen LogP contribution in [0.3, 0.4) is 0 Å². The number of benzene rings is 4. The van der Waals surface area contributed by atoms with Gasteiger partial charge in [0.25, 0.3) is 5.78 Å². The maximum atomic E-state index is 13.7. The topological polar surface area (TPSA) is 102 Å². The summed E-state index contributed by atoms with van der Waals surface area (Å²) in [5.74, 6) is -0.0966. The summed E-state index contributed by atoms with van der Waals surface area (Å²) in [4.78, 5) is 28.7. The van der Waals surface area contributed by atoms with E-state index in [1.165, 1.54) is 47.6 Å². The van der Waals surface area contributed by atoms with Gasteiger partial charge in [0, 0.05) is 11.3 Å². The zero-order chi connectivity index (χ0) is 31.7. The molecule has 0 saturated carbocycles. The van der Waals surface area contributed by atoms with E-state index < -0.39 is 17.7 Å². The molecule has 1 atom stereocenters. The van der Waals surface area contributed by atoms with Gasteiger partial charge in [-0.15, -0.1) is 10.2 Å². The van der Waals surface area contributed by atoms with E-state index in [9.17, 15) is 14.7 Å². The van der Waals surface area contributed by atoms with Gasteiger partial charge < -0.3 is 14.6 Å². The van der Waals surface area contributed by atoms with Crippen LogP contribution in [0.1, 0.15) is 48.1 Å². The Labute approximate surface area is 269 Å². The fourth-order valence-corrected chi connectivity index (χ4v) is 7.33. The zero-order valence-corrected chi connectivity index (χ0v) is 26.8. The molecule has 0 bridgehead atoms. The van der Waals surface area contributed by atoms with Gasteiger partial charge in [0.2, 0.25) is 5.13 Å². The van der Waals surface area contributed by atoms with Crippen molar-refractivity contribution in [2.75, 3.05) is 19.1 Å². The van der Waals surface area contributed by atoms with E-state index in [0.717, 1.165) is 16.5 Å². The van der Waals surface area contributed by atoms with Crippen LogP contribution in [0, 0.1) is 0 Å². The van der Waals surface area contributed by atoms with Gasteiger partial charge in [0.15, 0.2) is 15.8 Å². The van der Waals surface area contributed by atoms with Crippen LogP contribution >= 0.6 is 23.1 Å². The van der Waals surface area contributed by atoms with Crippen LogP contribution in [-0.2, 0) is 15.3 Å². The van der Waals surface area contributed by atoms with Crippen molar-refractivity contribution in [2.24, 2.45) is 0 Å². The van der Waals surface area contributed by atoms with Crippen molar-refractivity contribution in [3.05, 3.63) is 113 Å². The Kier molecular flexibility index (Phi) is 8.60. The minimum atomic E-state index is -0.914. The summed E-state index contributed by atoms with van der Waals surface area (Å²) < 4.78 is 11.4. The van der Waals surface area contributed by atoms with Crippen molar-refractivity contribution < 1.29 is 24.2 Å². The lowest BCUT2D eigenvalue weighted by atomic mass is 9.93. The van der Waals surface area contributed by atoms with Gasteiger partial charge in [0.05, 0.1) is 25.8 Å². The number of Topliss-reactive ketones (excluding diaryl/α,β-unsaturated/α-hetero) is 1. The van der Waals surface area contributed by atoms with Gasteiger partial charge in [-0.25, -0.2) is 0 Å². The number of carbonyl (C=O) groups is 2. The van der Waals surface area contributed by atoms with Crippen molar-refractivity contribution in [2.45, 2.75) is 35.9 Å². The molecule has 1 aliphatic heterocycles. The smallest absolute Gasteiger partial charge is 0.301 e. The number of aliphatic hydroxyl groups excluding tert-OH is 1. The van der Waals surface area contributed by atoms with Crippen molar-refractivity contribution in [3.8, 4) is 11.5 Å². The van der Waals surface area contributed by atoms with E-state index in [1.54, 1.807) is 18.2 Å². The summed E-state index contributed by atoms with van der Waals surface area (Å²) in [5.41, 5.74) is 3.22. The highest BCUT2D eigenvalue weighted by atomic mass is 32.2. The fraction of sp³-hybridized carbons (Fsp3) is 0.200. The predicted octanol–water partition coefficient (Wildman–Crippen LogP) is 7.75. The number of carbonyl (C=O) groups excluding carboxylic acids is 2. The highest BCUT2D eigenvalue weighted by Gasteiger charge is 2.48. The Morgan fingerprint density at radius 1 is 0.933 bits per heavy atom. The van der Waals surface area contributed by atoms with Crippen LogP contribution in [-0.4, -0.2) is 41.2 Å². The normalized spacial score (nSPS) is 16.1. The minimum Gasteiger partial charge on any atom is -0.507 e. The molecular formula is C35H31N3O5S2. The molecule has 2 heterocycles. The standard InChI is InChI=1S/C35H31N3O5S2/c1-20(2)21-12-14-23(15-13-21)30-29(31(39)24-16-17-27(42-3)28(18-24)43-4)32(40)33(41)38(30)34-36-37-35(45-34)44-19-25-10-7-9-22-8-5-6-11-26(22)25/h5-18,20,30,39H,19H2,1-4H3/b31-29+. The van der Waals surface area contributed by atoms with Gasteiger partial charge in [0.1, 0.15) is 5.76 Å². The molecule has 1 N–H and O–H groups in total. The predicted molar refractivity (Wildman–Crippen MR) is 178 cm³/mol. The third kappa shape index (κ3) is 5.79. The SMILES string of the molecule is COc1ccc(/C(O)=C2\C(=O)C(=O)N(c3nnc(SCc4cccc5ccccc45)s3)C2c2ccc(C(C)C)cc2)cc1OC. The van der Waals surface area contributed by atoms with E-state index >= 15 is 0 Å². The van der Waals surface area contributed by atoms with Crippen molar-refractivity contribution in [1.82, 2.24) is 10.2 Å². The van der Waals surface area contributed by atoms with Gasteiger partial charge in [-0.1, -0.05) is 104 Å². The van der Waals surface area contributed by atoms with E-state index in [2.05, 4.69) is 48.3 Å². The second-order valence-electron chi connectivity index (χ2n) is 10.8. The Balaban J connectivity index is 1.39. The number of anilines is 1. The molecule has 1 fully saturated rings. The van der Waals surface area contributed by atoms with E-state index in [0.29, 0.717) is 38.6 Å². The first-order chi connectivity index (χ1) is 21.8. The van der Waals surface area contributed by atoms with Crippen LogP contribution in [0.4, 0.5) is 5.13 Å². The van der Waals surface area contributed by atoms with E-state index in [4.69, 9.17) is 9.47 Å². The molecule has 45 heavy (non-hydrogen) atoms. The number of ether oxygens (including phenoxy) is 2. The minimum absolute atomic E-state index is 0.0373. The number of rotatable bonds is 9. The number of hydrogen-bond acceptors (Lipinski definition) is 9. The number of thioether (sulfide) groups is 1. The Morgan fingerprint density at radius 3 is 2.40 bits per heavy atom. The summed E-state index contributed by atoms with van der Waals surface area (Å²) in [6, 6.07) is 26.1. The van der Waals surface area contributed by atoms with Gasteiger partial charge in [-0.05, 0) is 51.6 Å². The summed E-state index contributed by atoms with van der Waals surface area (Å²) >= 11 is 2.76. The summed E-state index contributed by atoms with van der Waals surface area (Å²) in [5, 5.41) is 22.9. The maximum Gasteiger partial charge on any atom is 0.301 e. The second kappa shape index (κ2) is 12.7. The highest BCUT2D eigenvalue weighted by molar-refractivity contribution is 8.00. The number of amides is 1.